The van der Waals surface area contributed by atoms with Crippen LogP contribution in [-0.2, 0) is 0 Å². The summed E-state index contributed by atoms with van der Waals surface area (Å²) in [7, 11) is 0. The Hall–Kier alpha value is -3.55. The van der Waals surface area contributed by atoms with Crippen LogP contribution in [-0.4, -0.2) is 10.7 Å². The van der Waals surface area contributed by atoms with E-state index in [1.807, 2.05) is 60.7 Å². The summed E-state index contributed by atoms with van der Waals surface area (Å²) < 4.78 is 14.4. The highest BCUT2D eigenvalue weighted by atomic mass is 35.5. The van der Waals surface area contributed by atoms with Crippen molar-refractivity contribution in [2.75, 3.05) is 0 Å². The molecule has 0 aliphatic heterocycles. The van der Waals surface area contributed by atoms with Crippen LogP contribution in [0.5, 0.6) is 0 Å². The molecule has 4 rings (SSSR count). The van der Waals surface area contributed by atoms with E-state index in [-0.39, 0.29) is 21.9 Å². The number of rotatable bonds is 3. The minimum absolute atomic E-state index is 0.127. The molecule has 0 aliphatic rings. The predicted molar refractivity (Wildman–Crippen MR) is 110 cm³/mol. The van der Waals surface area contributed by atoms with Gasteiger partial charge < -0.3 is 0 Å². The second kappa shape index (κ2) is 7.59. The number of benzene rings is 3. The van der Waals surface area contributed by atoms with Gasteiger partial charge in [0, 0.05) is 21.5 Å². The number of aromatic nitrogens is 1. The number of pyridine rings is 1. The molecule has 4 aromatic rings. The Kier molecular flexibility index (Phi) is 4.84. The summed E-state index contributed by atoms with van der Waals surface area (Å²) in [6.07, 6.45) is 0. The number of fused-ring (bicyclic) bond motifs is 1. The lowest BCUT2D eigenvalue weighted by atomic mass is 10.0. The van der Waals surface area contributed by atoms with E-state index in [1.165, 1.54) is 6.07 Å². The van der Waals surface area contributed by atoms with Gasteiger partial charge in [0.1, 0.15) is 11.6 Å². The number of aliphatic imine (C=N–C) groups is 1. The maximum absolute atomic E-state index is 14.4. The van der Waals surface area contributed by atoms with Gasteiger partial charge in [0.15, 0.2) is 11.6 Å². The minimum atomic E-state index is -0.551. The van der Waals surface area contributed by atoms with Gasteiger partial charge in [-0.05, 0) is 18.2 Å². The molecule has 28 heavy (non-hydrogen) atoms. The van der Waals surface area contributed by atoms with Crippen LogP contribution in [0.3, 0.4) is 0 Å². The molecule has 3 aromatic carbocycles. The zero-order valence-corrected chi connectivity index (χ0v) is 15.4. The van der Waals surface area contributed by atoms with E-state index < -0.39 is 5.82 Å². The summed E-state index contributed by atoms with van der Waals surface area (Å²) in [4.78, 5) is 9.00. The highest BCUT2D eigenvalue weighted by molar-refractivity contribution is 6.31. The smallest absolute Gasteiger partial charge is 0.171 e. The van der Waals surface area contributed by atoms with E-state index in [1.54, 1.807) is 12.1 Å². The standard InChI is InChI=1S/C23H13ClFN3/c24-19-12-17-11-18(14-26)23(28-22(17)20(25)13-19)27-21(15-7-3-1-4-8-15)16-9-5-2-6-10-16/h1-13H. The average molecular weight is 386 g/mol. The van der Waals surface area contributed by atoms with Gasteiger partial charge in [-0.25, -0.2) is 14.4 Å². The minimum Gasteiger partial charge on any atom is -0.227 e. The molecule has 0 saturated carbocycles. The third-order valence-corrected chi connectivity index (χ3v) is 4.47. The monoisotopic (exact) mass is 385 g/mol. The summed E-state index contributed by atoms with van der Waals surface area (Å²) in [6, 6.07) is 25.6. The lowest BCUT2D eigenvalue weighted by Crippen LogP contribution is -2.03. The zero-order valence-electron chi connectivity index (χ0n) is 14.6. The Balaban J connectivity index is 1.98. The Labute approximate surface area is 166 Å². The Morgan fingerprint density at radius 1 is 0.929 bits per heavy atom. The topological polar surface area (TPSA) is 49.0 Å². The Bertz CT molecular complexity index is 1190. The van der Waals surface area contributed by atoms with E-state index in [0.29, 0.717) is 11.1 Å². The van der Waals surface area contributed by atoms with Gasteiger partial charge in [0.05, 0.1) is 11.3 Å². The molecule has 0 bridgehead atoms. The van der Waals surface area contributed by atoms with Crippen LogP contribution in [0.25, 0.3) is 10.9 Å². The second-order valence-electron chi connectivity index (χ2n) is 6.12. The first kappa shape index (κ1) is 17.8. The van der Waals surface area contributed by atoms with Crippen molar-refractivity contribution in [1.29, 1.82) is 5.26 Å². The largest absolute Gasteiger partial charge is 0.227 e. The van der Waals surface area contributed by atoms with Crippen LogP contribution < -0.4 is 0 Å². The normalized spacial score (nSPS) is 10.5. The number of nitriles is 1. The molecule has 0 fully saturated rings. The van der Waals surface area contributed by atoms with Gasteiger partial charge in [0.25, 0.3) is 0 Å². The Morgan fingerprint density at radius 3 is 2.11 bits per heavy atom. The van der Waals surface area contributed by atoms with Crippen molar-refractivity contribution in [2.45, 2.75) is 0 Å². The highest BCUT2D eigenvalue weighted by Gasteiger charge is 2.13. The van der Waals surface area contributed by atoms with Gasteiger partial charge in [-0.3, -0.25) is 0 Å². The zero-order chi connectivity index (χ0) is 19.5. The summed E-state index contributed by atoms with van der Waals surface area (Å²) >= 11 is 5.93. The number of halogens is 2. The van der Waals surface area contributed by atoms with Gasteiger partial charge in [-0.2, -0.15) is 5.26 Å². The van der Waals surface area contributed by atoms with Crippen molar-refractivity contribution in [3.63, 3.8) is 0 Å². The molecule has 0 N–H and O–H groups in total. The van der Waals surface area contributed by atoms with E-state index in [0.717, 1.165) is 11.1 Å². The van der Waals surface area contributed by atoms with Gasteiger partial charge in [-0.15, -0.1) is 0 Å². The average Bonchev–Trinajstić information content (AvgIpc) is 2.73. The first-order valence-corrected chi connectivity index (χ1v) is 8.93. The maximum atomic E-state index is 14.4. The van der Waals surface area contributed by atoms with E-state index in [9.17, 15) is 9.65 Å². The summed E-state index contributed by atoms with van der Waals surface area (Å²) in [5, 5.41) is 10.3. The molecule has 1 aromatic heterocycles. The molecule has 0 atom stereocenters. The van der Waals surface area contributed by atoms with Gasteiger partial charge in [-0.1, -0.05) is 72.3 Å². The molecule has 0 saturated heterocycles. The van der Waals surface area contributed by atoms with Gasteiger partial charge in [0.2, 0.25) is 0 Å². The highest BCUT2D eigenvalue weighted by Crippen LogP contribution is 2.28. The molecular weight excluding hydrogens is 373 g/mol. The van der Waals surface area contributed by atoms with Gasteiger partial charge >= 0.3 is 0 Å². The molecule has 0 aliphatic carbocycles. The molecular formula is C23H13ClFN3. The van der Waals surface area contributed by atoms with E-state index >= 15 is 0 Å². The fourth-order valence-electron chi connectivity index (χ4n) is 2.96. The summed E-state index contributed by atoms with van der Waals surface area (Å²) in [5.74, 6) is -0.386. The van der Waals surface area contributed by atoms with Crippen molar-refractivity contribution in [1.82, 2.24) is 4.98 Å². The third kappa shape index (κ3) is 3.48. The molecule has 0 radical (unpaired) electrons. The molecule has 1 heterocycles. The van der Waals surface area contributed by atoms with Crippen LogP contribution in [0.4, 0.5) is 10.2 Å². The van der Waals surface area contributed by atoms with Crippen LogP contribution in [0, 0.1) is 17.1 Å². The first-order chi connectivity index (χ1) is 13.7. The quantitative estimate of drug-likeness (QED) is 0.402. The molecule has 5 heteroatoms. The molecule has 0 unspecified atom stereocenters. The van der Waals surface area contributed by atoms with E-state index in [4.69, 9.17) is 11.6 Å². The van der Waals surface area contributed by atoms with Crippen molar-refractivity contribution in [2.24, 2.45) is 4.99 Å². The molecule has 134 valence electrons. The SMILES string of the molecule is N#Cc1cc2cc(Cl)cc(F)c2nc1N=C(c1ccccc1)c1ccccc1. The van der Waals surface area contributed by atoms with Crippen molar-refractivity contribution >= 4 is 34.0 Å². The van der Waals surface area contributed by atoms with Crippen molar-refractivity contribution in [3.8, 4) is 6.07 Å². The second-order valence-corrected chi connectivity index (χ2v) is 6.56. The summed E-state index contributed by atoms with van der Waals surface area (Å²) in [6.45, 7) is 0. The third-order valence-electron chi connectivity index (χ3n) is 4.25. The van der Waals surface area contributed by atoms with Crippen LogP contribution >= 0.6 is 11.6 Å². The molecule has 0 amide bonds. The first-order valence-electron chi connectivity index (χ1n) is 8.55. The number of hydrogen-bond donors (Lipinski definition) is 0. The fraction of sp³-hybridized carbons (Fsp3) is 0. The lowest BCUT2D eigenvalue weighted by Gasteiger charge is -2.09. The number of hydrogen-bond acceptors (Lipinski definition) is 3. The summed E-state index contributed by atoms with van der Waals surface area (Å²) in [5.41, 5.74) is 2.77. The predicted octanol–water partition coefficient (Wildman–Crippen LogP) is 6.07. The maximum Gasteiger partial charge on any atom is 0.171 e. The Morgan fingerprint density at radius 2 is 1.54 bits per heavy atom. The molecule has 0 spiro atoms. The van der Waals surface area contributed by atoms with Crippen LogP contribution in [0.1, 0.15) is 16.7 Å². The molecule has 3 nitrogen and oxygen atoms in total. The number of nitrogens with zero attached hydrogens (tertiary/aromatic N) is 3. The van der Waals surface area contributed by atoms with Crippen LogP contribution in [0.2, 0.25) is 5.02 Å². The van der Waals surface area contributed by atoms with E-state index in [2.05, 4.69) is 16.0 Å². The lowest BCUT2D eigenvalue weighted by molar-refractivity contribution is 0.637. The van der Waals surface area contributed by atoms with Crippen molar-refractivity contribution in [3.05, 3.63) is 106 Å². The fourth-order valence-corrected chi connectivity index (χ4v) is 3.17. The van der Waals surface area contributed by atoms with Crippen LogP contribution in [0.15, 0.2) is 83.9 Å². The van der Waals surface area contributed by atoms with Crippen molar-refractivity contribution < 1.29 is 4.39 Å².